The van der Waals surface area contributed by atoms with Crippen LogP contribution in [0, 0.1) is 0 Å². The van der Waals surface area contributed by atoms with Crippen LogP contribution in [0.15, 0.2) is 28.7 Å². The number of hydrogen-bond acceptors (Lipinski definition) is 4. The molecule has 90 valence electrons. The Hall–Kier alpha value is -1.55. The number of aromatic nitrogens is 1. The SMILES string of the molecule is c1ccc2oc(OC[C@H]3CCCCN3)nc2c1. The number of fused-ring (bicyclic) bond motifs is 1. The van der Waals surface area contributed by atoms with E-state index in [-0.39, 0.29) is 0 Å². The van der Waals surface area contributed by atoms with Crippen LogP contribution in [-0.4, -0.2) is 24.2 Å². The number of piperidine rings is 1. The van der Waals surface area contributed by atoms with Crippen LogP contribution in [0.4, 0.5) is 0 Å². The molecule has 4 nitrogen and oxygen atoms in total. The molecule has 1 aromatic heterocycles. The summed E-state index contributed by atoms with van der Waals surface area (Å²) in [6.45, 7) is 1.72. The average molecular weight is 232 g/mol. The molecule has 0 unspecified atom stereocenters. The maximum absolute atomic E-state index is 5.59. The largest absolute Gasteiger partial charge is 0.449 e. The maximum atomic E-state index is 5.59. The van der Waals surface area contributed by atoms with Crippen LogP contribution in [0.1, 0.15) is 19.3 Å². The molecule has 0 spiro atoms. The molecule has 0 radical (unpaired) electrons. The third kappa shape index (κ3) is 2.42. The van der Waals surface area contributed by atoms with Gasteiger partial charge in [-0.2, -0.15) is 4.98 Å². The minimum Gasteiger partial charge on any atom is -0.449 e. The van der Waals surface area contributed by atoms with Gasteiger partial charge in [-0.1, -0.05) is 18.6 Å². The minimum atomic E-state index is 0.374. The Morgan fingerprint density at radius 2 is 2.29 bits per heavy atom. The zero-order chi connectivity index (χ0) is 11.5. The summed E-state index contributed by atoms with van der Waals surface area (Å²) in [4.78, 5) is 4.28. The van der Waals surface area contributed by atoms with Crippen LogP contribution in [0.2, 0.25) is 0 Å². The van der Waals surface area contributed by atoms with Crippen molar-refractivity contribution in [2.45, 2.75) is 25.3 Å². The highest BCUT2D eigenvalue weighted by atomic mass is 16.6. The van der Waals surface area contributed by atoms with Gasteiger partial charge >= 0.3 is 6.08 Å². The van der Waals surface area contributed by atoms with E-state index in [1.807, 2.05) is 24.3 Å². The van der Waals surface area contributed by atoms with Crippen LogP contribution in [0.3, 0.4) is 0 Å². The number of rotatable bonds is 3. The molecule has 0 amide bonds. The third-order valence-corrected chi connectivity index (χ3v) is 3.09. The van der Waals surface area contributed by atoms with Gasteiger partial charge in [0.05, 0.1) is 0 Å². The molecule has 2 heterocycles. The fraction of sp³-hybridized carbons (Fsp3) is 0.462. The lowest BCUT2D eigenvalue weighted by molar-refractivity contribution is 0.191. The summed E-state index contributed by atoms with van der Waals surface area (Å²) in [6, 6.07) is 8.12. The Morgan fingerprint density at radius 3 is 3.12 bits per heavy atom. The molecule has 0 bridgehead atoms. The molecule has 1 aromatic carbocycles. The summed E-state index contributed by atoms with van der Waals surface area (Å²) in [5.41, 5.74) is 1.62. The summed E-state index contributed by atoms with van der Waals surface area (Å²) >= 11 is 0. The normalized spacial score (nSPS) is 20.6. The first-order chi connectivity index (χ1) is 8.42. The predicted octanol–water partition coefficient (Wildman–Crippen LogP) is 2.35. The summed E-state index contributed by atoms with van der Waals surface area (Å²) in [5, 5.41) is 3.43. The number of para-hydroxylation sites is 2. The highest BCUT2D eigenvalue weighted by molar-refractivity contribution is 5.72. The van der Waals surface area contributed by atoms with E-state index in [1.165, 1.54) is 19.3 Å². The molecule has 0 saturated carbocycles. The van der Waals surface area contributed by atoms with Crippen molar-refractivity contribution < 1.29 is 9.15 Å². The summed E-state index contributed by atoms with van der Waals surface area (Å²) in [5.74, 6) is 0. The molecule has 1 aliphatic rings. The van der Waals surface area contributed by atoms with E-state index in [4.69, 9.17) is 9.15 Å². The smallest absolute Gasteiger partial charge is 0.394 e. The maximum Gasteiger partial charge on any atom is 0.394 e. The standard InChI is InChI=1S/C13H16N2O2/c1-2-7-12-11(6-1)15-13(17-12)16-9-10-5-3-4-8-14-10/h1-2,6-7,10,14H,3-5,8-9H2/t10-/m1/s1. The topological polar surface area (TPSA) is 47.3 Å². The van der Waals surface area contributed by atoms with E-state index < -0.39 is 0 Å². The van der Waals surface area contributed by atoms with E-state index in [1.54, 1.807) is 0 Å². The van der Waals surface area contributed by atoms with Crippen molar-refractivity contribution in [1.82, 2.24) is 10.3 Å². The molecule has 4 heteroatoms. The van der Waals surface area contributed by atoms with E-state index >= 15 is 0 Å². The lowest BCUT2D eigenvalue weighted by Gasteiger charge is -2.22. The lowest BCUT2D eigenvalue weighted by atomic mass is 10.1. The Bertz CT molecular complexity index is 456. The van der Waals surface area contributed by atoms with Crippen molar-refractivity contribution in [3.05, 3.63) is 24.3 Å². The zero-order valence-electron chi connectivity index (χ0n) is 9.69. The lowest BCUT2D eigenvalue weighted by Crippen LogP contribution is -2.38. The number of oxazole rings is 1. The number of ether oxygens (including phenoxy) is 1. The van der Waals surface area contributed by atoms with Crippen molar-refractivity contribution in [2.75, 3.05) is 13.2 Å². The summed E-state index contributed by atoms with van der Waals surface area (Å²) in [7, 11) is 0. The van der Waals surface area contributed by atoms with E-state index in [0.717, 1.165) is 17.6 Å². The molecule has 1 fully saturated rings. The van der Waals surface area contributed by atoms with Crippen molar-refractivity contribution >= 4 is 11.1 Å². The van der Waals surface area contributed by atoms with E-state index in [9.17, 15) is 0 Å². The first kappa shape index (κ1) is 10.6. The van der Waals surface area contributed by atoms with Crippen LogP contribution in [0.5, 0.6) is 6.08 Å². The fourth-order valence-corrected chi connectivity index (χ4v) is 2.15. The number of hydrogen-bond donors (Lipinski definition) is 1. The molecular weight excluding hydrogens is 216 g/mol. The highest BCUT2D eigenvalue weighted by Crippen LogP contribution is 2.20. The molecule has 1 N–H and O–H groups in total. The Kier molecular flexibility index (Phi) is 2.96. The van der Waals surface area contributed by atoms with Gasteiger partial charge in [0, 0.05) is 6.04 Å². The second kappa shape index (κ2) is 4.75. The number of benzene rings is 1. The summed E-state index contributed by atoms with van der Waals surface area (Å²) < 4.78 is 11.1. The number of nitrogens with one attached hydrogen (secondary N) is 1. The first-order valence-corrected chi connectivity index (χ1v) is 6.13. The molecular formula is C13H16N2O2. The minimum absolute atomic E-state index is 0.374. The molecule has 17 heavy (non-hydrogen) atoms. The van der Waals surface area contributed by atoms with Crippen molar-refractivity contribution in [3.63, 3.8) is 0 Å². The van der Waals surface area contributed by atoms with Crippen LogP contribution >= 0.6 is 0 Å². The Balaban J connectivity index is 1.64. The molecule has 1 saturated heterocycles. The van der Waals surface area contributed by atoms with Gasteiger partial charge in [-0.15, -0.1) is 0 Å². The van der Waals surface area contributed by atoms with Gasteiger partial charge in [0.25, 0.3) is 0 Å². The molecule has 0 aliphatic carbocycles. The molecule has 1 atom stereocenters. The average Bonchev–Trinajstić information content (AvgIpc) is 2.80. The van der Waals surface area contributed by atoms with E-state index in [2.05, 4.69) is 10.3 Å². The Morgan fingerprint density at radius 1 is 1.35 bits per heavy atom. The Labute approximate surface area is 100.0 Å². The second-order valence-corrected chi connectivity index (χ2v) is 4.41. The predicted molar refractivity (Wildman–Crippen MR) is 65.1 cm³/mol. The van der Waals surface area contributed by atoms with Crippen LogP contribution in [-0.2, 0) is 0 Å². The molecule has 3 rings (SSSR count). The van der Waals surface area contributed by atoms with Crippen molar-refractivity contribution in [2.24, 2.45) is 0 Å². The quantitative estimate of drug-likeness (QED) is 0.882. The van der Waals surface area contributed by atoms with Crippen molar-refractivity contribution in [3.8, 4) is 6.08 Å². The zero-order valence-corrected chi connectivity index (χ0v) is 9.69. The highest BCUT2D eigenvalue weighted by Gasteiger charge is 2.14. The van der Waals surface area contributed by atoms with Gasteiger partial charge in [-0.3, -0.25) is 0 Å². The van der Waals surface area contributed by atoms with Gasteiger partial charge in [0.1, 0.15) is 12.1 Å². The van der Waals surface area contributed by atoms with Gasteiger partial charge in [-0.05, 0) is 31.5 Å². The van der Waals surface area contributed by atoms with Crippen LogP contribution < -0.4 is 10.1 Å². The second-order valence-electron chi connectivity index (χ2n) is 4.41. The van der Waals surface area contributed by atoms with Gasteiger partial charge in [-0.25, -0.2) is 0 Å². The summed E-state index contributed by atoms with van der Waals surface area (Å²) in [6.07, 6.45) is 4.08. The van der Waals surface area contributed by atoms with Gasteiger partial charge in [0.15, 0.2) is 5.58 Å². The molecule has 2 aromatic rings. The third-order valence-electron chi connectivity index (χ3n) is 3.09. The monoisotopic (exact) mass is 232 g/mol. The number of nitrogens with zero attached hydrogens (tertiary/aromatic N) is 1. The van der Waals surface area contributed by atoms with Gasteiger partial charge < -0.3 is 14.5 Å². The fourth-order valence-electron chi connectivity index (χ4n) is 2.15. The molecule has 1 aliphatic heterocycles. The van der Waals surface area contributed by atoms with Crippen molar-refractivity contribution in [1.29, 1.82) is 0 Å². The van der Waals surface area contributed by atoms with E-state index in [0.29, 0.717) is 18.7 Å². The van der Waals surface area contributed by atoms with Gasteiger partial charge in [0.2, 0.25) is 0 Å². The van der Waals surface area contributed by atoms with Crippen LogP contribution in [0.25, 0.3) is 11.1 Å². The first-order valence-electron chi connectivity index (χ1n) is 6.13.